The minimum atomic E-state index is -1.76. The third-order valence-electron chi connectivity index (χ3n) is 11.2. The smallest absolute Gasteiger partial charge is 0.306 e. The summed E-state index contributed by atoms with van der Waals surface area (Å²) in [4.78, 5) is 25.5. The first-order valence-electron chi connectivity index (χ1n) is 23.4. The molecule has 7 N–H and O–H groups in total. The van der Waals surface area contributed by atoms with Crippen molar-refractivity contribution in [2.75, 3.05) is 26.4 Å². The van der Waals surface area contributed by atoms with Crippen LogP contribution in [0, 0.1) is 0 Å². The van der Waals surface area contributed by atoms with Crippen molar-refractivity contribution in [3.63, 3.8) is 0 Å². The molecular formula is C46H82O15. The zero-order chi connectivity index (χ0) is 44.7. The van der Waals surface area contributed by atoms with Gasteiger partial charge in [-0.25, -0.2) is 0 Å². The molecule has 11 atom stereocenters. The quantitative estimate of drug-likeness (QED) is 0.0246. The highest BCUT2D eigenvalue weighted by Gasteiger charge is 2.47. The van der Waals surface area contributed by atoms with E-state index < -0.39 is 92.7 Å². The minimum Gasteiger partial charge on any atom is -0.462 e. The third kappa shape index (κ3) is 23.5. The van der Waals surface area contributed by atoms with Crippen LogP contribution < -0.4 is 0 Å². The number of hydrogen-bond donors (Lipinski definition) is 7. The van der Waals surface area contributed by atoms with E-state index in [9.17, 15) is 45.3 Å². The molecule has 356 valence electrons. The average Bonchev–Trinajstić information content (AvgIpc) is 3.25. The summed E-state index contributed by atoms with van der Waals surface area (Å²) in [6, 6.07) is 0. The lowest BCUT2D eigenvalue weighted by Crippen LogP contribution is -2.61. The van der Waals surface area contributed by atoms with Gasteiger partial charge < -0.3 is 64.2 Å². The van der Waals surface area contributed by atoms with Crippen LogP contribution >= 0.6 is 0 Å². The number of esters is 2. The van der Waals surface area contributed by atoms with Gasteiger partial charge in [0, 0.05) is 12.8 Å². The molecule has 0 aromatic rings. The number of aliphatic hydroxyl groups excluding tert-OH is 7. The highest BCUT2D eigenvalue weighted by atomic mass is 16.7. The van der Waals surface area contributed by atoms with E-state index in [0.29, 0.717) is 12.8 Å². The van der Waals surface area contributed by atoms with Crippen LogP contribution in [0.5, 0.6) is 0 Å². The second-order valence-electron chi connectivity index (χ2n) is 16.6. The van der Waals surface area contributed by atoms with Gasteiger partial charge in [0.15, 0.2) is 18.7 Å². The van der Waals surface area contributed by atoms with Crippen molar-refractivity contribution in [1.29, 1.82) is 0 Å². The highest BCUT2D eigenvalue weighted by Crippen LogP contribution is 2.26. The summed E-state index contributed by atoms with van der Waals surface area (Å²) in [6.45, 7) is 2.47. The van der Waals surface area contributed by atoms with Crippen LogP contribution in [0.2, 0.25) is 0 Å². The zero-order valence-corrected chi connectivity index (χ0v) is 37.1. The van der Waals surface area contributed by atoms with Crippen molar-refractivity contribution < 1.29 is 73.8 Å². The second kappa shape index (κ2) is 34.4. The first kappa shape index (κ1) is 55.1. The summed E-state index contributed by atoms with van der Waals surface area (Å²) < 4.78 is 33.3. The first-order valence-corrected chi connectivity index (χ1v) is 23.4. The van der Waals surface area contributed by atoms with Gasteiger partial charge >= 0.3 is 11.9 Å². The van der Waals surface area contributed by atoms with Crippen LogP contribution in [0.4, 0.5) is 0 Å². The molecule has 2 aliphatic rings. The van der Waals surface area contributed by atoms with Crippen LogP contribution in [-0.2, 0) is 38.0 Å². The summed E-state index contributed by atoms with van der Waals surface area (Å²) in [6.07, 6.45) is 15.4. The molecule has 15 heteroatoms. The van der Waals surface area contributed by atoms with E-state index >= 15 is 0 Å². The summed E-state index contributed by atoms with van der Waals surface area (Å²) in [5.74, 6) is -0.938. The highest BCUT2D eigenvalue weighted by molar-refractivity contribution is 5.70. The van der Waals surface area contributed by atoms with Crippen molar-refractivity contribution in [1.82, 2.24) is 0 Å². The van der Waals surface area contributed by atoms with Crippen LogP contribution in [0.15, 0.2) is 24.3 Å². The minimum absolute atomic E-state index is 0.162. The van der Waals surface area contributed by atoms with Gasteiger partial charge in [-0.3, -0.25) is 9.59 Å². The lowest BCUT2D eigenvalue weighted by atomic mass is 9.98. The lowest BCUT2D eigenvalue weighted by Gasteiger charge is -2.42. The number of ether oxygens (including phenoxy) is 6. The summed E-state index contributed by atoms with van der Waals surface area (Å²) in [7, 11) is 0. The molecule has 0 aromatic carbocycles. The monoisotopic (exact) mass is 875 g/mol. The molecule has 0 aromatic heterocycles. The number of carbonyl (C=O) groups is 2. The Labute approximate surface area is 364 Å². The van der Waals surface area contributed by atoms with Gasteiger partial charge in [-0.1, -0.05) is 128 Å². The summed E-state index contributed by atoms with van der Waals surface area (Å²) >= 11 is 0. The predicted molar refractivity (Wildman–Crippen MR) is 229 cm³/mol. The number of unbranched alkanes of at least 4 members (excludes halogenated alkanes) is 17. The molecule has 0 radical (unpaired) electrons. The fraction of sp³-hybridized carbons (Fsp3) is 0.870. The number of carbonyl (C=O) groups excluding carboxylic acids is 2. The zero-order valence-electron chi connectivity index (χ0n) is 37.1. The molecule has 2 saturated heterocycles. The Balaban J connectivity index is 1.78. The number of aliphatic hydroxyl groups is 7. The normalized spacial score (nSPS) is 27.5. The van der Waals surface area contributed by atoms with Crippen LogP contribution in [0.1, 0.15) is 162 Å². The van der Waals surface area contributed by atoms with Crippen LogP contribution in [-0.4, -0.2) is 142 Å². The van der Waals surface area contributed by atoms with Crippen molar-refractivity contribution in [3.05, 3.63) is 24.3 Å². The molecule has 0 saturated carbocycles. The van der Waals surface area contributed by atoms with Gasteiger partial charge in [0.2, 0.25) is 0 Å². The largest absolute Gasteiger partial charge is 0.462 e. The fourth-order valence-corrected chi connectivity index (χ4v) is 7.25. The molecule has 0 amide bonds. The molecule has 61 heavy (non-hydrogen) atoms. The molecule has 2 fully saturated rings. The van der Waals surface area contributed by atoms with Gasteiger partial charge in [-0.15, -0.1) is 0 Å². The summed E-state index contributed by atoms with van der Waals surface area (Å²) in [5, 5.41) is 71.7. The van der Waals surface area contributed by atoms with E-state index in [1.807, 2.05) is 0 Å². The fourth-order valence-electron chi connectivity index (χ4n) is 7.25. The van der Waals surface area contributed by atoms with Crippen molar-refractivity contribution >= 4 is 11.9 Å². The molecule has 2 aliphatic heterocycles. The maximum absolute atomic E-state index is 12.9. The molecule has 2 heterocycles. The van der Waals surface area contributed by atoms with Gasteiger partial charge in [-0.05, 0) is 44.9 Å². The van der Waals surface area contributed by atoms with Crippen molar-refractivity contribution in [3.8, 4) is 0 Å². The maximum atomic E-state index is 12.9. The first-order chi connectivity index (χ1) is 29.5. The second-order valence-corrected chi connectivity index (χ2v) is 16.6. The number of allylic oxidation sites excluding steroid dienone is 4. The Morgan fingerprint density at radius 1 is 0.525 bits per heavy atom. The van der Waals surface area contributed by atoms with Gasteiger partial charge in [0.1, 0.15) is 55.4 Å². The van der Waals surface area contributed by atoms with Crippen molar-refractivity contribution in [2.45, 2.75) is 229 Å². The topological polar surface area (TPSA) is 231 Å². The maximum Gasteiger partial charge on any atom is 0.306 e. The Morgan fingerprint density at radius 2 is 0.984 bits per heavy atom. The lowest BCUT2D eigenvalue weighted by molar-refractivity contribution is -0.332. The van der Waals surface area contributed by atoms with Crippen LogP contribution in [0.3, 0.4) is 0 Å². The Kier molecular flexibility index (Phi) is 31.1. The molecule has 0 bridgehead atoms. The van der Waals surface area contributed by atoms with E-state index in [1.165, 1.54) is 51.4 Å². The van der Waals surface area contributed by atoms with Crippen molar-refractivity contribution in [2.24, 2.45) is 0 Å². The Morgan fingerprint density at radius 3 is 1.56 bits per heavy atom. The molecule has 15 nitrogen and oxygen atoms in total. The number of rotatable bonds is 35. The Bertz CT molecular complexity index is 1170. The summed E-state index contributed by atoms with van der Waals surface area (Å²) in [5.41, 5.74) is 0. The van der Waals surface area contributed by atoms with Gasteiger partial charge in [0.05, 0.1) is 19.8 Å². The van der Waals surface area contributed by atoms with E-state index in [2.05, 4.69) is 38.2 Å². The molecule has 2 rings (SSSR count). The molecule has 0 aliphatic carbocycles. The standard InChI is InChI=1S/C46H82O15/c1-3-5-7-9-11-12-13-14-15-16-17-18-19-20-21-22-23-25-27-29-38(49)59-34(31-56-37(48)28-26-24-10-8-6-4-2)32-57-45-44(55)42(53)40(51)36(61-45)33-58-46-43(54)41(52)39(50)35(30-47)60-46/h11-12,14-15,34-36,39-47,50-55H,3-10,13,16-33H2,1-2H3/b12-11-,15-14-. The van der Waals surface area contributed by atoms with Crippen LogP contribution in [0.25, 0.3) is 0 Å². The van der Waals surface area contributed by atoms with E-state index in [-0.39, 0.29) is 26.1 Å². The molecular weight excluding hydrogens is 792 g/mol. The number of hydrogen-bond acceptors (Lipinski definition) is 15. The average molecular weight is 875 g/mol. The SMILES string of the molecule is CCCCC/C=C\C/C=C\CCCCCCCCCCCC(=O)OC(COC(=O)CCCCCCCC)COC1OC(COC2OC(CO)C(O)C(O)C2O)C(O)C(O)C1O. The predicted octanol–water partition coefficient (Wildman–Crippen LogP) is 5.21. The Hall–Kier alpha value is -2.02. The van der Waals surface area contributed by atoms with E-state index in [1.54, 1.807) is 0 Å². The van der Waals surface area contributed by atoms with E-state index in [0.717, 1.165) is 70.6 Å². The van der Waals surface area contributed by atoms with Gasteiger partial charge in [-0.2, -0.15) is 0 Å². The molecule has 0 spiro atoms. The van der Waals surface area contributed by atoms with E-state index in [4.69, 9.17) is 28.4 Å². The molecule has 11 unspecified atom stereocenters. The third-order valence-corrected chi connectivity index (χ3v) is 11.2. The van der Waals surface area contributed by atoms with Gasteiger partial charge in [0.25, 0.3) is 0 Å².